The number of benzene rings is 1. The molecule has 0 aliphatic carbocycles. The molecule has 0 spiro atoms. The molecule has 0 radical (unpaired) electrons. The molecular weight excluding hydrogens is 195 g/mol. The molecule has 0 aliphatic heterocycles. The van der Waals surface area contributed by atoms with Gasteiger partial charge in [-0.2, -0.15) is 5.26 Å². The van der Waals surface area contributed by atoms with Crippen LogP contribution in [0, 0.1) is 17.1 Å². The first-order valence-electron chi connectivity index (χ1n) is 4.30. The van der Waals surface area contributed by atoms with E-state index >= 15 is 0 Å². The van der Waals surface area contributed by atoms with E-state index in [-0.39, 0.29) is 11.5 Å². The first kappa shape index (κ1) is 10.9. The number of hydrogen-bond donors (Lipinski definition) is 1. The van der Waals surface area contributed by atoms with Gasteiger partial charge >= 0.3 is 0 Å². The van der Waals surface area contributed by atoms with Crippen molar-refractivity contribution in [3.8, 4) is 6.07 Å². The standard InChI is InChI=1S/C11H9FN2O/c1-2-3-11(15)14-10-5-4-9(12)6-8(10)7-13/h2-6H,1H3,(H,14,15)/b3-2+. The molecule has 76 valence electrons. The third kappa shape index (κ3) is 2.92. The molecular formula is C11H9FN2O. The van der Waals surface area contributed by atoms with Gasteiger partial charge in [-0.15, -0.1) is 0 Å². The number of allylic oxidation sites excluding steroid dienone is 1. The van der Waals surface area contributed by atoms with Crippen LogP contribution in [0.3, 0.4) is 0 Å². The first-order valence-corrected chi connectivity index (χ1v) is 4.30. The van der Waals surface area contributed by atoms with Crippen LogP contribution in [0.5, 0.6) is 0 Å². The zero-order valence-corrected chi connectivity index (χ0v) is 8.12. The van der Waals surface area contributed by atoms with Crippen molar-refractivity contribution in [3.63, 3.8) is 0 Å². The largest absolute Gasteiger partial charge is 0.321 e. The van der Waals surface area contributed by atoms with Gasteiger partial charge in [-0.3, -0.25) is 4.79 Å². The van der Waals surface area contributed by atoms with Gasteiger partial charge in [0.1, 0.15) is 11.9 Å². The number of halogens is 1. The number of nitrogens with zero attached hydrogens (tertiary/aromatic N) is 1. The average Bonchev–Trinajstić information content (AvgIpc) is 2.21. The predicted molar refractivity (Wildman–Crippen MR) is 54.6 cm³/mol. The van der Waals surface area contributed by atoms with Gasteiger partial charge < -0.3 is 5.32 Å². The van der Waals surface area contributed by atoms with Crippen molar-refractivity contribution >= 4 is 11.6 Å². The maximum absolute atomic E-state index is 12.7. The molecule has 3 nitrogen and oxygen atoms in total. The van der Waals surface area contributed by atoms with E-state index in [0.717, 1.165) is 6.07 Å². The molecule has 0 atom stereocenters. The molecule has 0 fully saturated rings. The highest BCUT2D eigenvalue weighted by atomic mass is 19.1. The Labute approximate surface area is 86.8 Å². The second kappa shape index (κ2) is 4.91. The molecule has 0 saturated heterocycles. The number of rotatable bonds is 2. The summed E-state index contributed by atoms with van der Waals surface area (Å²) in [5.41, 5.74) is 0.412. The van der Waals surface area contributed by atoms with Gasteiger partial charge in [0.15, 0.2) is 0 Å². The van der Waals surface area contributed by atoms with E-state index < -0.39 is 5.82 Å². The Hall–Kier alpha value is -2.15. The van der Waals surface area contributed by atoms with Crippen molar-refractivity contribution in [2.45, 2.75) is 6.92 Å². The SMILES string of the molecule is C/C=C/C(=O)Nc1ccc(F)cc1C#N. The molecule has 1 rings (SSSR count). The molecule has 1 aromatic rings. The van der Waals surface area contributed by atoms with Crippen molar-refractivity contribution in [1.29, 1.82) is 5.26 Å². The lowest BCUT2D eigenvalue weighted by atomic mass is 10.2. The van der Waals surface area contributed by atoms with Crippen LogP contribution in [0.15, 0.2) is 30.4 Å². The van der Waals surface area contributed by atoms with Crippen LogP contribution in [0.25, 0.3) is 0 Å². The van der Waals surface area contributed by atoms with Crippen molar-refractivity contribution in [3.05, 3.63) is 41.7 Å². The summed E-state index contributed by atoms with van der Waals surface area (Å²) >= 11 is 0. The minimum atomic E-state index is -0.504. The Morgan fingerprint density at radius 3 is 2.93 bits per heavy atom. The van der Waals surface area contributed by atoms with E-state index in [1.165, 1.54) is 18.2 Å². The van der Waals surface area contributed by atoms with Gasteiger partial charge in [0, 0.05) is 0 Å². The topological polar surface area (TPSA) is 52.9 Å². The Bertz CT molecular complexity index is 446. The summed E-state index contributed by atoms with van der Waals surface area (Å²) in [5, 5.41) is 11.2. The van der Waals surface area contributed by atoms with E-state index in [9.17, 15) is 9.18 Å². The minimum Gasteiger partial charge on any atom is -0.321 e. The van der Waals surface area contributed by atoms with Crippen molar-refractivity contribution in [1.82, 2.24) is 0 Å². The van der Waals surface area contributed by atoms with E-state index in [2.05, 4.69) is 5.32 Å². The minimum absolute atomic E-state index is 0.104. The Balaban J connectivity index is 2.96. The number of amides is 1. The molecule has 1 N–H and O–H groups in total. The van der Waals surface area contributed by atoms with Crippen molar-refractivity contribution in [2.24, 2.45) is 0 Å². The molecule has 0 heterocycles. The fraction of sp³-hybridized carbons (Fsp3) is 0.0909. The second-order valence-electron chi connectivity index (χ2n) is 2.79. The predicted octanol–water partition coefficient (Wildman–Crippen LogP) is 2.21. The maximum atomic E-state index is 12.7. The molecule has 0 bridgehead atoms. The monoisotopic (exact) mass is 204 g/mol. The van der Waals surface area contributed by atoms with E-state index in [4.69, 9.17) is 5.26 Å². The highest BCUT2D eigenvalue weighted by Gasteiger charge is 2.05. The zero-order valence-electron chi connectivity index (χ0n) is 8.12. The molecule has 1 amide bonds. The summed E-state index contributed by atoms with van der Waals surface area (Å²) in [5.74, 6) is -0.851. The molecule has 0 aliphatic rings. The Kier molecular flexibility index (Phi) is 3.58. The lowest BCUT2D eigenvalue weighted by Crippen LogP contribution is -2.09. The van der Waals surface area contributed by atoms with Crippen molar-refractivity contribution < 1.29 is 9.18 Å². The Morgan fingerprint density at radius 2 is 2.33 bits per heavy atom. The summed E-state index contributed by atoms with van der Waals surface area (Å²) in [7, 11) is 0. The van der Waals surface area contributed by atoms with Crippen LogP contribution in [0.4, 0.5) is 10.1 Å². The zero-order chi connectivity index (χ0) is 11.3. The van der Waals surface area contributed by atoms with Crippen LogP contribution < -0.4 is 5.32 Å². The summed E-state index contributed by atoms with van der Waals surface area (Å²) in [6, 6.07) is 5.42. The van der Waals surface area contributed by atoms with Crippen LogP contribution >= 0.6 is 0 Å². The summed E-state index contributed by atoms with van der Waals surface area (Å²) in [6.45, 7) is 1.70. The number of nitrogens with one attached hydrogen (secondary N) is 1. The number of hydrogen-bond acceptors (Lipinski definition) is 2. The van der Waals surface area contributed by atoms with Gasteiger partial charge in [-0.05, 0) is 31.2 Å². The Morgan fingerprint density at radius 1 is 1.60 bits per heavy atom. The van der Waals surface area contributed by atoms with Gasteiger partial charge in [-0.25, -0.2) is 4.39 Å². The lowest BCUT2D eigenvalue weighted by molar-refractivity contribution is -0.111. The third-order valence-electron chi connectivity index (χ3n) is 1.68. The van der Waals surface area contributed by atoms with Crippen LogP contribution in [-0.4, -0.2) is 5.91 Å². The highest BCUT2D eigenvalue weighted by Crippen LogP contribution is 2.15. The molecule has 0 unspecified atom stereocenters. The quantitative estimate of drug-likeness (QED) is 0.751. The van der Waals surface area contributed by atoms with Crippen LogP contribution in [0.1, 0.15) is 12.5 Å². The van der Waals surface area contributed by atoms with Gasteiger partial charge in [0.2, 0.25) is 5.91 Å². The van der Waals surface area contributed by atoms with Crippen LogP contribution in [0.2, 0.25) is 0 Å². The van der Waals surface area contributed by atoms with Gasteiger partial charge in [-0.1, -0.05) is 6.08 Å². The van der Waals surface area contributed by atoms with E-state index in [1.807, 2.05) is 0 Å². The fourth-order valence-corrected chi connectivity index (χ4v) is 1.04. The molecule has 4 heteroatoms. The number of anilines is 1. The maximum Gasteiger partial charge on any atom is 0.248 e. The average molecular weight is 204 g/mol. The number of carbonyl (C=O) groups is 1. The summed E-state index contributed by atoms with van der Waals surface area (Å²) in [4.78, 5) is 11.2. The van der Waals surface area contributed by atoms with E-state index in [1.54, 1.807) is 19.1 Å². The van der Waals surface area contributed by atoms with Crippen LogP contribution in [-0.2, 0) is 4.79 Å². The second-order valence-corrected chi connectivity index (χ2v) is 2.79. The first-order chi connectivity index (χ1) is 7.17. The van der Waals surface area contributed by atoms with Gasteiger partial charge in [0.05, 0.1) is 11.3 Å². The molecule has 0 aromatic heterocycles. The molecule has 0 saturated carbocycles. The number of carbonyl (C=O) groups excluding carboxylic acids is 1. The fourth-order valence-electron chi connectivity index (χ4n) is 1.04. The van der Waals surface area contributed by atoms with Gasteiger partial charge in [0.25, 0.3) is 0 Å². The van der Waals surface area contributed by atoms with Crippen molar-refractivity contribution in [2.75, 3.05) is 5.32 Å². The normalized spacial score (nSPS) is 9.93. The summed E-state index contributed by atoms with van der Waals surface area (Å²) in [6.07, 6.45) is 2.90. The van der Waals surface area contributed by atoms with E-state index in [0.29, 0.717) is 5.69 Å². The number of nitriles is 1. The summed E-state index contributed by atoms with van der Waals surface area (Å²) < 4.78 is 12.7. The smallest absolute Gasteiger partial charge is 0.248 e. The lowest BCUT2D eigenvalue weighted by Gasteiger charge is -2.03. The molecule has 15 heavy (non-hydrogen) atoms. The highest BCUT2D eigenvalue weighted by molar-refractivity contribution is 6.00. The molecule has 1 aromatic carbocycles. The third-order valence-corrected chi connectivity index (χ3v) is 1.68.